The topological polar surface area (TPSA) is 74.7 Å². The monoisotopic (exact) mass is 399 g/mol. The lowest BCUT2D eigenvalue weighted by molar-refractivity contribution is -0.129. The molecule has 2 heterocycles. The lowest BCUT2D eigenvalue weighted by Crippen LogP contribution is -2.35. The number of aryl methyl sites for hydroxylation is 1. The van der Waals surface area contributed by atoms with Crippen molar-refractivity contribution in [2.24, 2.45) is 0 Å². The van der Waals surface area contributed by atoms with E-state index in [1.165, 1.54) is 11.3 Å². The average Bonchev–Trinajstić information content (AvgIpc) is 3.28. The molecule has 1 unspecified atom stereocenters. The highest BCUT2D eigenvalue weighted by Gasteiger charge is 2.30. The molecule has 0 saturated carbocycles. The molecule has 1 saturated heterocycles. The maximum absolute atomic E-state index is 12.3. The molecule has 0 aliphatic carbocycles. The van der Waals surface area contributed by atoms with Crippen LogP contribution in [0.5, 0.6) is 0 Å². The van der Waals surface area contributed by atoms with Gasteiger partial charge in [-0.05, 0) is 56.7 Å². The molecule has 1 fully saturated rings. The Kier molecular flexibility index (Phi) is 6.62. The first-order valence-electron chi connectivity index (χ1n) is 9.66. The highest BCUT2D eigenvalue weighted by molar-refractivity contribution is 7.13. The summed E-state index contributed by atoms with van der Waals surface area (Å²) in [6.45, 7) is 2.21. The first-order valence-corrected chi connectivity index (χ1v) is 10.5. The molecule has 0 spiro atoms. The molecule has 148 valence electrons. The third-order valence-corrected chi connectivity index (χ3v) is 6.44. The number of carboxylic acid groups (broad SMARTS) is 1. The van der Waals surface area contributed by atoms with E-state index >= 15 is 0 Å². The molecule has 1 amide bonds. The third-order valence-electron chi connectivity index (χ3n) is 5.30. The van der Waals surface area contributed by atoms with Gasteiger partial charge < -0.3 is 10.0 Å². The summed E-state index contributed by atoms with van der Waals surface area (Å²) in [5.41, 5.74) is 1.73. The van der Waals surface area contributed by atoms with Gasteiger partial charge in [0.1, 0.15) is 4.88 Å². The highest BCUT2D eigenvalue weighted by Crippen LogP contribution is 2.25. The number of ketones is 1. The summed E-state index contributed by atoms with van der Waals surface area (Å²) < 4.78 is 0. The van der Waals surface area contributed by atoms with Gasteiger partial charge in [0.05, 0.1) is 0 Å². The number of carboxylic acids is 1. The number of carbonyl (C=O) groups excluding carboxylic acids is 2. The lowest BCUT2D eigenvalue weighted by Gasteiger charge is -2.25. The molecule has 6 heteroatoms. The highest BCUT2D eigenvalue weighted by atomic mass is 32.1. The van der Waals surface area contributed by atoms with E-state index in [1.54, 1.807) is 13.0 Å². The van der Waals surface area contributed by atoms with Crippen LogP contribution in [0.3, 0.4) is 0 Å². The SMILES string of the molecule is CC(=O)c1ccccc1CCN1C(=O)CCC1CCCc1ccc(C(=O)O)s1. The zero-order valence-electron chi connectivity index (χ0n) is 16.0. The second-order valence-corrected chi connectivity index (χ2v) is 8.37. The first-order chi connectivity index (χ1) is 13.5. The van der Waals surface area contributed by atoms with Crippen LogP contribution >= 0.6 is 11.3 Å². The Balaban J connectivity index is 1.54. The van der Waals surface area contributed by atoms with E-state index < -0.39 is 5.97 Å². The van der Waals surface area contributed by atoms with Crippen molar-refractivity contribution in [3.05, 3.63) is 57.3 Å². The molecule has 1 aliphatic rings. The van der Waals surface area contributed by atoms with Gasteiger partial charge in [0.15, 0.2) is 5.78 Å². The fraction of sp³-hybridized carbons (Fsp3) is 0.409. The Morgan fingerprint density at radius 1 is 1.18 bits per heavy atom. The zero-order chi connectivity index (χ0) is 20.1. The Hall–Kier alpha value is -2.47. The summed E-state index contributed by atoms with van der Waals surface area (Å²) in [5.74, 6) is -0.638. The van der Waals surface area contributed by atoms with Crippen molar-refractivity contribution in [1.82, 2.24) is 4.90 Å². The molecule has 2 aromatic rings. The number of amides is 1. The number of rotatable bonds is 9. The summed E-state index contributed by atoms with van der Waals surface area (Å²) in [4.78, 5) is 38.5. The maximum Gasteiger partial charge on any atom is 0.345 e. The van der Waals surface area contributed by atoms with E-state index in [2.05, 4.69) is 0 Å². The number of carbonyl (C=O) groups is 3. The van der Waals surface area contributed by atoms with Crippen LogP contribution in [0.4, 0.5) is 0 Å². The third kappa shape index (κ3) is 4.87. The molecule has 28 heavy (non-hydrogen) atoms. The summed E-state index contributed by atoms with van der Waals surface area (Å²) in [6.07, 6.45) is 4.83. The minimum Gasteiger partial charge on any atom is -0.477 e. The number of hydrogen-bond acceptors (Lipinski definition) is 4. The van der Waals surface area contributed by atoms with E-state index in [0.717, 1.165) is 41.7 Å². The lowest BCUT2D eigenvalue weighted by atomic mass is 10.0. The van der Waals surface area contributed by atoms with Gasteiger partial charge in [-0.2, -0.15) is 0 Å². The van der Waals surface area contributed by atoms with Gasteiger partial charge in [-0.15, -0.1) is 11.3 Å². The minimum atomic E-state index is -0.880. The normalized spacial score (nSPS) is 16.5. The van der Waals surface area contributed by atoms with Gasteiger partial charge in [-0.25, -0.2) is 4.79 Å². The Labute approximate surface area is 169 Å². The van der Waals surface area contributed by atoms with E-state index in [1.807, 2.05) is 35.2 Å². The zero-order valence-corrected chi connectivity index (χ0v) is 16.8. The van der Waals surface area contributed by atoms with Gasteiger partial charge in [0.2, 0.25) is 5.91 Å². The standard InChI is InChI=1S/C22H25NO4S/c1-15(24)19-8-3-2-5-16(19)13-14-23-17(9-12-21(23)25)6-4-7-18-10-11-20(28-18)22(26)27/h2-3,5,8,10-11,17H,4,6-7,9,12-14H2,1H3,(H,26,27). The number of thiophene rings is 1. The minimum absolute atomic E-state index is 0.0524. The van der Waals surface area contributed by atoms with Crippen molar-refractivity contribution >= 4 is 29.0 Å². The molecule has 0 radical (unpaired) electrons. The van der Waals surface area contributed by atoms with Crippen LogP contribution in [0.15, 0.2) is 36.4 Å². The Bertz CT molecular complexity index is 873. The van der Waals surface area contributed by atoms with Gasteiger partial charge in [-0.3, -0.25) is 9.59 Å². The number of likely N-dealkylation sites (tertiary alicyclic amines) is 1. The van der Waals surface area contributed by atoms with Gasteiger partial charge in [0, 0.05) is 29.4 Å². The van der Waals surface area contributed by atoms with Crippen molar-refractivity contribution in [2.75, 3.05) is 6.54 Å². The summed E-state index contributed by atoms with van der Waals surface area (Å²) in [5, 5.41) is 9.01. The van der Waals surface area contributed by atoms with Crippen LogP contribution in [0.25, 0.3) is 0 Å². The van der Waals surface area contributed by atoms with E-state index in [4.69, 9.17) is 5.11 Å². The molecule has 3 rings (SSSR count). The number of hydrogen-bond donors (Lipinski definition) is 1. The van der Waals surface area contributed by atoms with E-state index in [9.17, 15) is 14.4 Å². The van der Waals surface area contributed by atoms with Gasteiger partial charge in [-0.1, -0.05) is 24.3 Å². The molecule has 1 N–H and O–H groups in total. The molecular formula is C22H25NO4S. The number of benzene rings is 1. The van der Waals surface area contributed by atoms with Crippen LogP contribution in [0.2, 0.25) is 0 Å². The van der Waals surface area contributed by atoms with Crippen LogP contribution in [-0.4, -0.2) is 40.3 Å². The van der Waals surface area contributed by atoms with Crippen LogP contribution in [0, 0.1) is 0 Å². The van der Waals surface area contributed by atoms with Crippen molar-refractivity contribution in [2.45, 2.75) is 51.5 Å². The number of Topliss-reactive ketones (excluding diaryl/α,β-unsaturated/α-hetero) is 1. The molecule has 1 aromatic heterocycles. The molecule has 5 nitrogen and oxygen atoms in total. The van der Waals surface area contributed by atoms with Crippen molar-refractivity contribution in [1.29, 1.82) is 0 Å². The predicted molar refractivity (Wildman–Crippen MR) is 109 cm³/mol. The quantitative estimate of drug-likeness (QED) is 0.641. The van der Waals surface area contributed by atoms with E-state index in [0.29, 0.717) is 24.3 Å². The summed E-state index contributed by atoms with van der Waals surface area (Å²) >= 11 is 1.32. The molecular weight excluding hydrogens is 374 g/mol. The molecule has 1 aromatic carbocycles. The van der Waals surface area contributed by atoms with Crippen LogP contribution in [0.1, 0.15) is 63.1 Å². The Morgan fingerprint density at radius 2 is 1.96 bits per heavy atom. The number of aromatic carboxylic acids is 1. The van der Waals surface area contributed by atoms with Crippen molar-refractivity contribution < 1.29 is 19.5 Å². The largest absolute Gasteiger partial charge is 0.477 e. The first kappa shape index (κ1) is 20.3. The van der Waals surface area contributed by atoms with Crippen LogP contribution < -0.4 is 0 Å². The van der Waals surface area contributed by atoms with Crippen molar-refractivity contribution in [3.63, 3.8) is 0 Å². The van der Waals surface area contributed by atoms with E-state index in [-0.39, 0.29) is 17.7 Å². The summed E-state index contributed by atoms with van der Waals surface area (Å²) in [7, 11) is 0. The van der Waals surface area contributed by atoms with Crippen LogP contribution in [-0.2, 0) is 17.6 Å². The second kappa shape index (κ2) is 9.15. The summed E-state index contributed by atoms with van der Waals surface area (Å²) in [6, 6.07) is 11.4. The fourth-order valence-corrected chi connectivity index (χ4v) is 4.75. The smallest absolute Gasteiger partial charge is 0.345 e. The molecule has 1 aliphatic heterocycles. The maximum atomic E-state index is 12.3. The average molecular weight is 400 g/mol. The van der Waals surface area contributed by atoms with Gasteiger partial charge >= 0.3 is 5.97 Å². The van der Waals surface area contributed by atoms with Crippen molar-refractivity contribution in [3.8, 4) is 0 Å². The Morgan fingerprint density at radius 3 is 2.68 bits per heavy atom. The molecule has 1 atom stereocenters. The molecule has 0 bridgehead atoms. The predicted octanol–water partition coefficient (Wildman–Crippen LogP) is 4.21. The second-order valence-electron chi connectivity index (χ2n) is 7.21. The van der Waals surface area contributed by atoms with Gasteiger partial charge in [0.25, 0.3) is 0 Å². The fourth-order valence-electron chi connectivity index (χ4n) is 3.86. The number of nitrogens with zero attached hydrogens (tertiary/aromatic N) is 1.